The number of nitrogens with two attached hydrogens (primary N) is 1. The fourth-order valence-corrected chi connectivity index (χ4v) is 2.49. The number of ether oxygens (including phenoxy) is 1. The van der Waals surface area contributed by atoms with Gasteiger partial charge < -0.3 is 15.4 Å². The van der Waals surface area contributed by atoms with E-state index in [1.807, 2.05) is 30.1 Å². The number of hydrogen-bond donors (Lipinski definition) is 1. The van der Waals surface area contributed by atoms with Gasteiger partial charge in [0.05, 0.1) is 13.2 Å². The molecule has 0 atom stereocenters. The summed E-state index contributed by atoms with van der Waals surface area (Å²) < 4.78 is 5.35. The van der Waals surface area contributed by atoms with E-state index in [0.717, 1.165) is 11.3 Å². The van der Waals surface area contributed by atoms with E-state index in [9.17, 15) is 0 Å². The lowest BCUT2D eigenvalue weighted by molar-refractivity contribution is 0.397. The Morgan fingerprint density at radius 3 is 2.74 bits per heavy atom. The molecule has 104 valence electrons. The molecule has 0 heterocycles. The zero-order valence-electron chi connectivity index (χ0n) is 11.8. The highest BCUT2D eigenvalue weighted by Crippen LogP contribution is 2.22. The molecule has 2 rings (SSSR count). The molecule has 0 aliphatic heterocycles. The molecule has 0 amide bonds. The van der Waals surface area contributed by atoms with Gasteiger partial charge in [0.1, 0.15) is 5.75 Å². The Kier molecular flexibility index (Phi) is 4.66. The molecular weight excluding hydrogens is 238 g/mol. The topological polar surface area (TPSA) is 50.9 Å². The molecule has 0 unspecified atom stereocenters. The average Bonchev–Trinajstić information content (AvgIpc) is 2.92. The summed E-state index contributed by atoms with van der Waals surface area (Å²) in [5.41, 5.74) is 7.19. The lowest BCUT2D eigenvalue weighted by Crippen LogP contribution is -2.34. The van der Waals surface area contributed by atoms with Crippen molar-refractivity contribution in [3.63, 3.8) is 0 Å². The van der Waals surface area contributed by atoms with E-state index in [1.54, 1.807) is 7.11 Å². The minimum Gasteiger partial charge on any atom is -0.496 e. The minimum atomic E-state index is 0.417. The number of aliphatic imine (C=N–C) groups is 1. The molecule has 1 fully saturated rings. The van der Waals surface area contributed by atoms with E-state index in [2.05, 4.69) is 11.1 Å². The molecule has 1 aromatic carbocycles. The molecule has 1 aliphatic rings. The number of nitrogens with zero attached hydrogens (tertiary/aromatic N) is 2. The molecule has 0 saturated heterocycles. The molecule has 0 bridgehead atoms. The van der Waals surface area contributed by atoms with Crippen molar-refractivity contribution in [3.05, 3.63) is 29.8 Å². The highest BCUT2D eigenvalue weighted by atomic mass is 16.5. The predicted octanol–water partition coefficient (Wildman–Crippen LogP) is 2.38. The first-order valence-corrected chi connectivity index (χ1v) is 6.87. The van der Waals surface area contributed by atoms with Crippen LogP contribution in [0.5, 0.6) is 5.75 Å². The van der Waals surface area contributed by atoms with Gasteiger partial charge in [0.25, 0.3) is 0 Å². The Hall–Kier alpha value is -1.71. The summed E-state index contributed by atoms with van der Waals surface area (Å²) >= 11 is 0. The summed E-state index contributed by atoms with van der Waals surface area (Å²) in [7, 11) is 3.66. The van der Waals surface area contributed by atoms with Crippen LogP contribution in [-0.4, -0.2) is 31.1 Å². The maximum absolute atomic E-state index is 6.07. The molecule has 0 radical (unpaired) electrons. The van der Waals surface area contributed by atoms with Crippen LogP contribution in [-0.2, 0) is 6.54 Å². The number of para-hydroxylation sites is 1. The summed E-state index contributed by atoms with van der Waals surface area (Å²) in [4.78, 5) is 6.59. The van der Waals surface area contributed by atoms with Gasteiger partial charge in [0, 0.05) is 19.2 Å². The van der Waals surface area contributed by atoms with E-state index in [1.165, 1.54) is 25.7 Å². The lowest BCUT2D eigenvalue weighted by atomic mass is 10.2. The maximum Gasteiger partial charge on any atom is 0.191 e. The quantitative estimate of drug-likeness (QED) is 0.669. The van der Waals surface area contributed by atoms with E-state index in [0.29, 0.717) is 18.5 Å². The third kappa shape index (κ3) is 3.63. The summed E-state index contributed by atoms with van der Waals surface area (Å²) in [5, 5.41) is 0. The van der Waals surface area contributed by atoms with Gasteiger partial charge in [-0.2, -0.15) is 0 Å². The molecule has 19 heavy (non-hydrogen) atoms. The van der Waals surface area contributed by atoms with E-state index in [4.69, 9.17) is 10.5 Å². The van der Waals surface area contributed by atoms with Crippen LogP contribution in [0.1, 0.15) is 31.2 Å². The van der Waals surface area contributed by atoms with Gasteiger partial charge in [-0.15, -0.1) is 0 Å². The van der Waals surface area contributed by atoms with Crippen molar-refractivity contribution in [1.29, 1.82) is 0 Å². The molecule has 4 heteroatoms. The zero-order valence-corrected chi connectivity index (χ0v) is 11.8. The molecule has 2 N–H and O–H groups in total. The number of guanidine groups is 1. The van der Waals surface area contributed by atoms with Gasteiger partial charge in [-0.05, 0) is 18.9 Å². The molecule has 1 saturated carbocycles. The van der Waals surface area contributed by atoms with Gasteiger partial charge >= 0.3 is 0 Å². The van der Waals surface area contributed by atoms with E-state index in [-0.39, 0.29) is 0 Å². The summed E-state index contributed by atoms with van der Waals surface area (Å²) in [6.45, 7) is 0.714. The van der Waals surface area contributed by atoms with Gasteiger partial charge in [-0.25, -0.2) is 4.99 Å². The second-order valence-electron chi connectivity index (χ2n) is 5.09. The number of hydrogen-bond acceptors (Lipinski definition) is 2. The molecule has 1 aliphatic carbocycles. The second-order valence-corrected chi connectivity index (χ2v) is 5.09. The summed E-state index contributed by atoms with van der Waals surface area (Å²) in [6, 6.07) is 8.42. The Balaban J connectivity index is 2.01. The highest BCUT2D eigenvalue weighted by molar-refractivity contribution is 5.78. The second kappa shape index (κ2) is 6.45. The first-order valence-electron chi connectivity index (χ1n) is 6.87. The van der Waals surface area contributed by atoms with Crippen LogP contribution in [0.2, 0.25) is 0 Å². The van der Waals surface area contributed by atoms with Crippen molar-refractivity contribution < 1.29 is 4.74 Å². The van der Waals surface area contributed by atoms with Crippen molar-refractivity contribution in [2.75, 3.05) is 14.2 Å². The van der Waals surface area contributed by atoms with E-state index < -0.39 is 0 Å². The van der Waals surface area contributed by atoms with E-state index >= 15 is 0 Å². The van der Waals surface area contributed by atoms with Crippen LogP contribution in [0.25, 0.3) is 0 Å². The SMILES string of the molecule is COc1ccccc1CN(C)C(N)=NC1CCCC1. The van der Waals surface area contributed by atoms with Crippen molar-refractivity contribution in [2.24, 2.45) is 10.7 Å². The van der Waals surface area contributed by atoms with Crippen molar-refractivity contribution in [3.8, 4) is 5.75 Å². The average molecular weight is 261 g/mol. The van der Waals surface area contributed by atoms with Crippen LogP contribution in [0, 0.1) is 0 Å². The minimum absolute atomic E-state index is 0.417. The summed E-state index contributed by atoms with van der Waals surface area (Å²) in [6.07, 6.45) is 4.89. The Morgan fingerprint density at radius 1 is 1.37 bits per heavy atom. The lowest BCUT2D eigenvalue weighted by Gasteiger charge is -2.20. The third-order valence-electron chi connectivity index (χ3n) is 3.63. The highest BCUT2D eigenvalue weighted by Gasteiger charge is 2.15. The predicted molar refractivity (Wildman–Crippen MR) is 78.3 cm³/mol. The van der Waals surface area contributed by atoms with Crippen LogP contribution in [0.15, 0.2) is 29.3 Å². The van der Waals surface area contributed by atoms with Crippen molar-refractivity contribution in [1.82, 2.24) is 4.90 Å². The van der Waals surface area contributed by atoms with Gasteiger partial charge in [-0.1, -0.05) is 31.0 Å². The number of benzene rings is 1. The van der Waals surface area contributed by atoms with Crippen molar-refractivity contribution in [2.45, 2.75) is 38.3 Å². The largest absolute Gasteiger partial charge is 0.496 e. The number of rotatable bonds is 4. The molecule has 4 nitrogen and oxygen atoms in total. The molecule has 1 aromatic rings. The van der Waals surface area contributed by atoms with Crippen LogP contribution in [0.4, 0.5) is 0 Å². The van der Waals surface area contributed by atoms with Crippen LogP contribution < -0.4 is 10.5 Å². The number of methoxy groups -OCH3 is 1. The fraction of sp³-hybridized carbons (Fsp3) is 0.533. The normalized spacial score (nSPS) is 16.6. The third-order valence-corrected chi connectivity index (χ3v) is 3.63. The maximum atomic E-state index is 6.07. The standard InChI is InChI=1S/C15H23N3O/c1-18(15(16)17-13-8-4-5-9-13)11-12-7-3-6-10-14(12)19-2/h3,6-7,10,13H,4-5,8-9,11H2,1-2H3,(H2,16,17). The Bertz CT molecular complexity index is 439. The smallest absolute Gasteiger partial charge is 0.191 e. The van der Waals surface area contributed by atoms with Crippen LogP contribution in [0.3, 0.4) is 0 Å². The fourth-order valence-electron chi connectivity index (χ4n) is 2.49. The van der Waals surface area contributed by atoms with Gasteiger partial charge in [0.15, 0.2) is 5.96 Å². The Morgan fingerprint density at radius 2 is 2.05 bits per heavy atom. The monoisotopic (exact) mass is 261 g/mol. The van der Waals surface area contributed by atoms with Gasteiger partial charge in [0.2, 0.25) is 0 Å². The van der Waals surface area contributed by atoms with Crippen molar-refractivity contribution >= 4 is 5.96 Å². The molecule has 0 spiro atoms. The first-order chi connectivity index (χ1) is 9.20. The zero-order chi connectivity index (χ0) is 13.7. The van der Waals surface area contributed by atoms with Crippen LogP contribution >= 0.6 is 0 Å². The molecular formula is C15H23N3O. The molecule has 0 aromatic heterocycles. The first kappa shape index (κ1) is 13.7. The summed E-state index contributed by atoms with van der Waals surface area (Å²) in [5.74, 6) is 1.51. The van der Waals surface area contributed by atoms with Gasteiger partial charge in [-0.3, -0.25) is 0 Å². The Labute approximate surface area is 115 Å².